The van der Waals surface area contributed by atoms with Gasteiger partial charge in [0.15, 0.2) is 5.82 Å². The van der Waals surface area contributed by atoms with E-state index in [-0.39, 0.29) is 11.5 Å². The van der Waals surface area contributed by atoms with E-state index in [9.17, 15) is 9.59 Å². The quantitative estimate of drug-likeness (QED) is 0.852. The molecule has 0 atom stereocenters. The number of nitrogens with one attached hydrogen (secondary N) is 1. The molecule has 0 aliphatic carbocycles. The zero-order valence-corrected chi connectivity index (χ0v) is 13.1. The van der Waals surface area contributed by atoms with Crippen LogP contribution < -0.4 is 5.56 Å². The Bertz CT molecular complexity index is 657. The molecule has 0 aliphatic rings. The summed E-state index contributed by atoms with van der Waals surface area (Å²) < 4.78 is 1.33. The fourth-order valence-corrected chi connectivity index (χ4v) is 2.26. The molecule has 0 aromatic carbocycles. The lowest BCUT2D eigenvalue weighted by Crippen LogP contribution is -2.32. The largest absolute Gasteiger partial charge is 0.339 e. The van der Waals surface area contributed by atoms with Crippen LogP contribution in [0.3, 0.4) is 0 Å². The standard InChI is InChI=1S/C16H22N4O2/c1-3-5-11-19(10-4-2)16(22)13-6-7-14(17-12-13)20-15(21)8-9-18-20/h6-9,12,18H,3-5,10-11H2,1-2H3. The summed E-state index contributed by atoms with van der Waals surface area (Å²) in [6.45, 7) is 5.68. The average Bonchev–Trinajstić information content (AvgIpc) is 2.97. The van der Waals surface area contributed by atoms with Gasteiger partial charge in [0.25, 0.3) is 11.5 Å². The second-order valence-electron chi connectivity index (χ2n) is 5.19. The molecule has 1 N–H and O–H groups in total. The topological polar surface area (TPSA) is 71.0 Å². The summed E-state index contributed by atoms with van der Waals surface area (Å²) in [6, 6.07) is 4.82. The van der Waals surface area contributed by atoms with Crippen LogP contribution in [0, 0.1) is 0 Å². The van der Waals surface area contributed by atoms with Crippen LogP contribution in [-0.2, 0) is 0 Å². The Morgan fingerprint density at radius 2 is 2.05 bits per heavy atom. The maximum atomic E-state index is 12.5. The van der Waals surface area contributed by atoms with Crippen molar-refractivity contribution in [3.8, 4) is 5.82 Å². The number of carbonyl (C=O) groups is 1. The Labute approximate surface area is 129 Å². The Morgan fingerprint density at radius 1 is 1.23 bits per heavy atom. The van der Waals surface area contributed by atoms with Gasteiger partial charge in [0.05, 0.1) is 5.56 Å². The zero-order chi connectivity index (χ0) is 15.9. The van der Waals surface area contributed by atoms with Gasteiger partial charge >= 0.3 is 0 Å². The van der Waals surface area contributed by atoms with Gasteiger partial charge < -0.3 is 4.90 Å². The van der Waals surface area contributed by atoms with E-state index < -0.39 is 0 Å². The van der Waals surface area contributed by atoms with Crippen molar-refractivity contribution >= 4 is 5.91 Å². The molecule has 1 amide bonds. The SMILES string of the molecule is CCCCN(CCC)C(=O)c1ccc(-n2[nH]ccc2=O)nc1. The summed E-state index contributed by atoms with van der Waals surface area (Å²) in [6.07, 6.45) is 6.06. The van der Waals surface area contributed by atoms with Crippen molar-refractivity contribution in [2.45, 2.75) is 33.1 Å². The Kier molecular flexibility index (Phi) is 5.52. The minimum atomic E-state index is -0.179. The van der Waals surface area contributed by atoms with Crippen LogP contribution >= 0.6 is 0 Å². The van der Waals surface area contributed by atoms with Crippen LogP contribution in [-0.4, -0.2) is 38.7 Å². The summed E-state index contributed by atoms with van der Waals surface area (Å²) in [7, 11) is 0. The molecule has 2 aromatic heterocycles. The van der Waals surface area contributed by atoms with Gasteiger partial charge in [-0.05, 0) is 25.0 Å². The van der Waals surface area contributed by atoms with Crippen LogP contribution in [0.2, 0.25) is 0 Å². The molecule has 118 valence electrons. The summed E-state index contributed by atoms with van der Waals surface area (Å²) in [5, 5.41) is 2.79. The summed E-state index contributed by atoms with van der Waals surface area (Å²) in [5.41, 5.74) is 0.370. The van der Waals surface area contributed by atoms with Crippen LogP contribution in [0.5, 0.6) is 0 Å². The van der Waals surface area contributed by atoms with E-state index in [2.05, 4.69) is 23.9 Å². The minimum absolute atomic E-state index is 0.00631. The van der Waals surface area contributed by atoms with Gasteiger partial charge in [-0.3, -0.25) is 14.7 Å². The third kappa shape index (κ3) is 3.63. The van der Waals surface area contributed by atoms with E-state index >= 15 is 0 Å². The number of aromatic nitrogens is 3. The van der Waals surface area contributed by atoms with E-state index in [1.54, 1.807) is 18.3 Å². The molecule has 0 unspecified atom stereocenters. The van der Waals surface area contributed by atoms with Crippen molar-refractivity contribution in [2.75, 3.05) is 13.1 Å². The molecule has 2 rings (SSSR count). The number of nitrogens with zero attached hydrogens (tertiary/aromatic N) is 3. The highest BCUT2D eigenvalue weighted by Gasteiger charge is 2.15. The molecule has 0 saturated heterocycles. The van der Waals surface area contributed by atoms with E-state index in [0.717, 1.165) is 32.4 Å². The number of hydrogen-bond donors (Lipinski definition) is 1. The zero-order valence-electron chi connectivity index (χ0n) is 13.1. The molecular formula is C16H22N4O2. The summed E-state index contributed by atoms with van der Waals surface area (Å²) in [5.74, 6) is 0.468. The van der Waals surface area contributed by atoms with Gasteiger partial charge in [0, 0.05) is 31.5 Å². The number of aromatic amines is 1. The third-order valence-corrected chi connectivity index (χ3v) is 3.44. The van der Waals surface area contributed by atoms with E-state index in [1.807, 2.05) is 4.90 Å². The van der Waals surface area contributed by atoms with Crippen molar-refractivity contribution in [2.24, 2.45) is 0 Å². The van der Waals surface area contributed by atoms with Gasteiger partial charge in [-0.1, -0.05) is 20.3 Å². The number of rotatable bonds is 7. The van der Waals surface area contributed by atoms with E-state index in [1.165, 1.54) is 16.9 Å². The predicted octanol–water partition coefficient (Wildman–Crippen LogP) is 2.21. The van der Waals surface area contributed by atoms with Crippen molar-refractivity contribution in [3.05, 3.63) is 46.5 Å². The normalized spacial score (nSPS) is 10.6. The van der Waals surface area contributed by atoms with Gasteiger partial charge in [-0.25, -0.2) is 9.67 Å². The highest BCUT2D eigenvalue weighted by molar-refractivity contribution is 5.94. The minimum Gasteiger partial charge on any atom is -0.339 e. The average molecular weight is 302 g/mol. The van der Waals surface area contributed by atoms with Gasteiger partial charge in [-0.15, -0.1) is 0 Å². The van der Waals surface area contributed by atoms with Crippen LogP contribution in [0.1, 0.15) is 43.5 Å². The smallest absolute Gasteiger partial charge is 0.272 e. The van der Waals surface area contributed by atoms with Gasteiger partial charge in [-0.2, -0.15) is 0 Å². The van der Waals surface area contributed by atoms with E-state index in [4.69, 9.17) is 0 Å². The molecule has 6 heteroatoms. The van der Waals surface area contributed by atoms with Crippen LogP contribution in [0.4, 0.5) is 0 Å². The van der Waals surface area contributed by atoms with Crippen molar-refractivity contribution < 1.29 is 4.79 Å². The third-order valence-electron chi connectivity index (χ3n) is 3.44. The molecule has 0 fully saturated rings. The van der Waals surface area contributed by atoms with Crippen molar-refractivity contribution in [1.29, 1.82) is 0 Å². The van der Waals surface area contributed by atoms with Crippen molar-refractivity contribution in [3.63, 3.8) is 0 Å². The fourth-order valence-electron chi connectivity index (χ4n) is 2.26. The molecular weight excluding hydrogens is 280 g/mol. The lowest BCUT2D eigenvalue weighted by molar-refractivity contribution is 0.0753. The highest BCUT2D eigenvalue weighted by Crippen LogP contribution is 2.08. The Hall–Kier alpha value is -2.37. The fraction of sp³-hybridized carbons (Fsp3) is 0.438. The monoisotopic (exact) mass is 302 g/mol. The van der Waals surface area contributed by atoms with Crippen LogP contribution in [0.25, 0.3) is 5.82 Å². The van der Waals surface area contributed by atoms with Crippen molar-refractivity contribution in [1.82, 2.24) is 19.7 Å². The molecule has 6 nitrogen and oxygen atoms in total. The number of unbranched alkanes of at least 4 members (excludes halogenated alkanes) is 1. The number of hydrogen-bond acceptors (Lipinski definition) is 3. The lowest BCUT2D eigenvalue weighted by atomic mass is 10.2. The first-order valence-electron chi connectivity index (χ1n) is 7.69. The summed E-state index contributed by atoms with van der Waals surface area (Å²) in [4.78, 5) is 30.2. The molecule has 22 heavy (non-hydrogen) atoms. The van der Waals surface area contributed by atoms with Crippen LogP contribution in [0.15, 0.2) is 35.4 Å². The highest BCUT2D eigenvalue weighted by atomic mass is 16.2. The first-order valence-corrected chi connectivity index (χ1v) is 7.69. The summed E-state index contributed by atoms with van der Waals surface area (Å²) >= 11 is 0. The molecule has 0 spiro atoms. The van der Waals surface area contributed by atoms with E-state index in [0.29, 0.717) is 11.4 Å². The second kappa shape index (κ2) is 7.59. The molecule has 0 aliphatic heterocycles. The molecule has 2 heterocycles. The number of amides is 1. The lowest BCUT2D eigenvalue weighted by Gasteiger charge is -2.21. The predicted molar refractivity (Wildman–Crippen MR) is 85.3 cm³/mol. The first-order chi connectivity index (χ1) is 10.7. The number of H-pyrrole nitrogens is 1. The maximum absolute atomic E-state index is 12.5. The molecule has 2 aromatic rings. The number of pyridine rings is 1. The van der Waals surface area contributed by atoms with Gasteiger partial charge in [0.1, 0.15) is 0 Å². The molecule has 0 bridgehead atoms. The first kappa shape index (κ1) is 16.0. The van der Waals surface area contributed by atoms with Gasteiger partial charge in [0.2, 0.25) is 0 Å². The number of carbonyl (C=O) groups excluding carboxylic acids is 1. The Morgan fingerprint density at radius 3 is 2.59 bits per heavy atom. The maximum Gasteiger partial charge on any atom is 0.272 e. The Balaban J connectivity index is 2.16. The second-order valence-corrected chi connectivity index (χ2v) is 5.19. The molecule has 0 saturated carbocycles. The molecule has 0 radical (unpaired) electrons.